The van der Waals surface area contributed by atoms with E-state index >= 15 is 0 Å². The van der Waals surface area contributed by atoms with Gasteiger partial charge >= 0.3 is 6.09 Å². The SMILES string of the molecule is CCN(CC)C(=O)Oc1ccc(C)cc1-c1nccs1. The smallest absolute Gasteiger partial charge is 0.409 e. The Morgan fingerprint density at radius 1 is 1.35 bits per heavy atom. The second-order valence-electron chi connectivity index (χ2n) is 4.38. The van der Waals surface area contributed by atoms with Crippen molar-refractivity contribution < 1.29 is 9.53 Å². The van der Waals surface area contributed by atoms with Crippen molar-refractivity contribution in [2.24, 2.45) is 0 Å². The third-order valence-corrected chi connectivity index (χ3v) is 3.82. The molecule has 0 fully saturated rings. The molecule has 0 saturated heterocycles. The van der Waals surface area contributed by atoms with E-state index in [1.165, 1.54) is 11.3 Å². The molecular formula is C15H18N2O2S. The monoisotopic (exact) mass is 290 g/mol. The summed E-state index contributed by atoms with van der Waals surface area (Å²) in [4.78, 5) is 18.0. The molecule has 0 radical (unpaired) electrons. The van der Waals surface area contributed by atoms with Crippen molar-refractivity contribution in [1.82, 2.24) is 9.88 Å². The molecule has 1 aromatic heterocycles. The highest BCUT2D eigenvalue weighted by Gasteiger charge is 2.16. The Morgan fingerprint density at radius 2 is 2.10 bits per heavy atom. The number of nitrogens with zero attached hydrogens (tertiary/aromatic N) is 2. The molecule has 2 aromatic rings. The third kappa shape index (κ3) is 3.17. The van der Waals surface area contributed by atoms with Gasteiger partial charge in [0, 0.05) is 24.7 Å². The molecule has 0 N–H and O–H groups in total. The fourth-order valence-corrected chi connectivity index (χ4v) is 2.56. The Hall–Kier alpha value is -1.88. The van der Waals surface area contributed by atoms with Crippen LogP contribution < -0.4 is 4.74 Å². The molecule has 0 saturated carbocycles. The second kappa shape index (κ2) is 6.52. The fourth-order valence-electron chi connectivity index (χ4n) is 1.90. The van der Waals surface area contributed by atoms with Crippen molar-refractivity contribution in [1.29, 1.82) is 0 Å². The van der Waals surface area contributed by atoms with Gasteiger partial charge in [0.2, 0.25) is 0 Å². The highest BCUT2D eigenvalue weighted by atomic mass is 32.1. The number of benzene rings is 1. The van der Waals surface area contributed by atoms with E-state index < -0.39 is 0 Å². The molecule has 2 rings (SSSR count). The first-order valence-electron chi connectivity index (χ1n) is 6.63. The molecule has 5 heteroatoms. The van der Waals surface area contributed by atoms with Crippen LogP contribution in [-0.2, 0) is 0 Å². The standard InChI is InChI=1S/C15H18N2O2S/c1-4-17(5-2)15(18)19-13-7-6-11(3)10-12(13)14-16-8-9-20-14/h6-10H,4-5H2,1-3H3. The van der Waals surface area contributed by atoms with Gasteiger partial charge in [0.25, 0.3) is 0 Å². The lowest BCUT2D eigenvalue weighted by molar-refractivity contribution is 0.157. The number of amides is 1. The molecule has 0 atom stereocenters. The number of thiazole rings is 1. The Kier molecular flexibility index (Phi) is 4.74. The summed E-state index contributed by atoms with van der Waals surface area (Å²) in [7, 11) is 0. The van der Waals surface area contributed by atoms with E-state index in [1.807, 2.05) is 44.4 Å². The van der Waals surface area contributed by atoms with Crippen LogP contribution in [0.3, 0.4) is 0 Å². The summed E-state index contributed by atoms with van der Waals surface area (Å²) < 4.78 is 5.52. The molecule has 0 bridgehead atoms. The average Bonchev–Trinajstić information content (AvgIpc) is 2.96. The summed E-state index contributed by atoms with van der Waals surface area (Å²) in [5.41, 5.74) is 1.97. The maximum Gasteiger partial charge on any atom is 0.415 e. The Balaban J connectivity index is 2.30. The second-order valence-corrected chi connectivity index (χ2v) is 5.27. The minimum Gasteiger partial charge on any atom is -0.409 e. The number of aryl methyl sites for hydroxylation is 1. The Morgan fingerprint density at radius 3 is 2.70 bits per heavy atom. The van der Waals surface area contributed by atoms with Gasteiger partial charge in [-0.25, -0.2) is 9.78 Å². The zero-order valence-corrected chi connectivity index (χ0v) is 12.7. The third-order valence-electron chi connectivity index (χ3n) is 3.02. The highest BCUT2D eigenvalue weighted by Crippen LogP contribution is 2.32. The maximum absolute atomic E-state index is 12.1. The molecule has 1 heterocycles. The van der Waals surface area contributed by atoms with Crippen molar-refractivity contribution in [3.8, 4) is 16.3 Å². The molecule has 20 heavy (non-hydrogen) atoms. The molecule has 0 aliphatic rings. The van der Waals surface area contributed by atoms with Crippen molar-refractivity contribution in [2.45, 2.75) is 20.8 Å². The Bertz CT molecular complexity index is 578. The minimum atomic E-state index is -0.323. The van der Waals surface area contributed by atoms with Crippen LogP contribution in [0, 0.1) is 6.92 Å². The lowest BCUT2D eigenvalue weighted by Gasteiger charge is -2.19. The van der Waals surface area contributed by atoms with Crippen LogP contribution in [0.15, 0.2) is 29.8 Å². The molecule has 0 spiro atoms. The van der Waals surface area contributed by atoms with Gasteiger partial charge < -0.3 is 9.64 Å². The van der Waals surface area contributed by atoms with Crippen LogP contribution in [0.1, 0.15) is 19.4 Å². The number of aromatic nitrogens is 1. The van der Waals surface area contributed by atoms with E-state index in [4.69, 9.17) is 4.74 Å². The molecule has 106 valence electrons. The van der Waals surface area contributed by atoms with Gasteiger partial charge in [0.1, 0.15) is 10.8 Å². The first-order chi connectivity index (χ1) is 9.65. The first-order valence-corrected chi connectivity index (χ1v) is 7.51. The van der Waals surface area contributed by atoms with Crippen LogP contribution in [0.4, 0.5) is 4.79 Å². The van der Waals surface area contributed by atoms with E-state index in [1.54, 1.807) is 11.1 Å². The van der Waals surface area contributed by atoms with E-state index in [2.05, 4.69) is 4.98 Å². The number of hydrogen-bond acceptors (Lipinski definition) is 4. The number of carbonyl (C=O) groups is 1. The quantitative estimate of drug-likeness (QED) is 0.856. The zero-order valence-electron chi connectivity index (χ0n) is 11.9. The molecule has 0 unspecified atom stereocenters. The van der Waals surface area contributed by atoms with Crippen LogP contribution in [-0.4, -0.2) is 29.1 Å². The van der Waals surface area contributed by atoms with E-state index in [0.29, 0.717) is 18.8 Å². The molecule has 1 aromatic carbocycles. The summed E-state index contributed by atoms with van der Waals surface area (Å²) in [6.07, 6.45) is 1.43. The van der Waals surface area contributed by atoms with Gasteiger partial charge in [0.05, 0.1) is 5.56 Å². The summed E-state index contributed by atoms with van der Waals surface area (Å²) in [5, 5.41) is 2.77. The predicted molar refractivity (Wildman–Crippen MR) is 81.2 cm³/mol. The van der Waals surface area contributed by atoms with Gasteiger partial charge in [-0.3, -0.25) is 0 Å². The maximum atomic E-state index is 12.1. The average molecular weight is 290 g/mol. The largest absolute Gasteiger partial charge is 0.415 e. The van der Waals surface area contributed by atoms with E-state index in [9.17, 15) is 4.79 Å². The lowest BCUT2D eigenvalue weighted by atomic mass is 10.1. The minimum absolute atomic E-state index is 0.323. The van der Waals surface area contributed by atoms with E-state index in [0.717, 1.165) is 16.1 Å². The summed E-state index contributed by atoms with van der Waals surface area (Å²) in [6.45, 7) is 7.14. The summed E-state index contributed by atoms with van der Waals surface area (Å²) in [6, 6.07) is 5.75. The van der Waals surface area contributed by atoms with Crippen molar-refractivity contribution in [3.05, 3.63) is 35.3 Å². The molecule has 1 amide bonds. The van der Waals surface area contributed by atoms with Crippen molar-refractivity contribution in [2.75, 3.05) is 13.1 Å². The number of carbonyl (C=O) groups excluding carboxylic acids is 1. The van der Waals surface area contributed by atoms with E-state index in [-0.39, 0.29) is 6.09 Å². The molecule has 0 aliphatic carbocycles. The van der Waals surface area contributed by atoms with Gasteiger partial charge in [-0.15, -0.1) is 11.3 Å². The first kappa shape index (κ1) is 14.5. The highest BCUT2D eigenvalue weighted by molar-refractivity contribution is 7.13. The van der Waals surface area contributed by atoms with Crippen LogP contribution in [0.2, 0.25) is 0 Å². The topological polar surface area (TPSA) is 42.4 Å². The normalized spacial score (nSPS) is 10.3. The van der Waals surface area contributed by atoms with Gasteiger partial charge in [-0.2, -0.15) is 0 Å². The predicted octanol–water partition coefficient (Wildman–Crippen LogP) is 3.96. The van der Waals surface area contributed by atoms with Crippen LogP contribution >= 0.6 is 11.3 Å². The van der Waals surface area contributed by atoms with Crippen molar-refractivity contribution >= 4 is 17.4 Å². The van der Waals surface area contributed by atoms with Crippen LogP contribution in [0.25, 0.3) is 10.6 Å². The van der Waals surface area contributed by atoms with Gasteiger partial charge in [-0.1, -0.05) is 11.6 Å². The fraction of sp³-hybridized carbons (Fsp3) is 0.333. The summed E-state index contributed by atoms with van der Waals surface area (Å²) >= 11 is 1.53. The van der Waals surface area contributed by atoms with Gasteiger partial charge in [0.15, 0.2) is 0 Å². The number of hydrogen-bond donors (Lipinski definition) is 0. The Labute approximate surface area is 123 Å². The van der Waals surface area contributed by atoms with Gasteiger partial charge in [-0.05, 0) is 32.9 Å². The number of rotatable bonds is 4. The lowest BCUT2D eigenvalue weighted by Crippen LogP contribution is -2.33. The van der Waals surface area contributed by atoms with Crippen LogP contribution in [0.5, 0.6) is 5.75 Å². The zero-order chi connectivity index (χ0) is 14.5. The molecular weight excluding hydrogens is 272 g/mol. The molecule has 4 nitrogen and oxygen atoms in total. The number of ether oxygens (including phenoxy) is 1. The van der Waals surface area contributed by atoms with Crippen molar-refractivity contribution in [3.63, 3.8) is 0 Å². The molecule has 0 aliphatic heterocycles. The summed E-state index contributed by atoms with van der Waals surface area (Å²) in [5.74, 6) is 0.558.